The molecule has 2 rings (SSSR count). The van der Waals surface area contributed by atoms with Crippen LogP contribution in [0.15, 0.2) is 18.5 Å². The van der Waals surface area contributed by atoms with Crippen molar-refractivity contribution in [3.63, 3.8) is 0 Å². The molecular weight excluding hydrogens is 277 g/mol. The second-order valence-electron chi connectivity index (χ2n) is 4.85. The quantitative estimate of drug-likeness (QED) is 0.759. The molecule has 0 saturated carbocycles. The molecule has 0 aromatic carbocycles. The van der Waals surface area contributed by atoms with E-state index in [0.717, 1.165) is 6.20 Å². The van der Waals surface area contributed by atoms with Crippen molar-refractivity contribution < 1.29 is 18.7 Å². The molecule has 0 spiro atoms. The van der Waals surface area contributed by atoms with Crippen molar-refractivity contribution in [3.05, 3.63) is 29.8 Å². The number of ether oxygens (including phenoxy) is 1. The van der Waals surface area contributed by atoms with Gasteiger partial charge in [-0.15, -0.1) is 0 Å². The molecule has 2 heterocycles. The number of esters is 1. The lowest BCUT2D eigenvalue weighted by Crippen LogP contribution is -2.49. The molecule has 21 heavy (non-hydrogen) atoms. The van der Waals surface area contributed by atoms with Crippen LogP contribution in [0.25, 0.3) is 0 Å². The molecule has 1 saturated heterocycles. The zero-order valence-corrected chi connectivity index (χ0v) is 11.9. The van der Waals surface area contributed by atoms with E-state index in [1.165, 1.54) is 19.4 Å². The molecule has 0 unspecified atom stereocenters. The fourth-order valence-electron chi connectivity index (χ4n) is 2.24. The highest BCUT2D eigenvalue weighted by atomic mass is 19.1. The molecule has 0 radical (unpaired) electrons. The first-order valence-electron chi connectivity index (χ1n) is 6.79. The SMILES string of the molecule is COC(=O)CCN1CCN(C(=O)c2cncc(F)c2)CC1. The van der Waals surface area contributed by atoms with E-state index in [4.69, 9.17) is 0 Å². The number of hydrogen-bond acceptors (Lipinski definition) is 5. The fourth-order valence-corrected chi connectivity index (χ4v) is 2.24. The molecule has 1 aromatic rings. The van der Waals surface area contributed by atoms with Crippen molar-refractivity contribution in [3.8, 4) is 0 Å². The van der Waals surface area contributed by atoms with Gasteiger partial charge < -0.3 is 9.64 Å². The third kappa shape index (κ3) is 4.22. The van der Waals surface area contributed by atoms with Gasteiger partial charge in [-0.2, -0.15) is 0 Å². The van der Waals surface area contributed by atoms with E-state index in [0.29, 0.717) is 39.1 Å². The number of aromatic nitrogens is 1. The number of nitrogens with zero attached hydrogens (tertiary/aromatic N) is 3. The zero-order chi connectivity index (χ0) is 15.2. The van der Waals surface area contributed by atoms with Gasteiger partial charge in [0, 0.05) is 38.9 Å². The lowest BCUT2D eigenvalue weighted by molar-refractivity contribution is -0.141. The highest BCUT2D eigenvalue weighted by molar-refractivity contribution is 5.94. The van der Waals surface area contributed by atoms with E-state index in [1.54, 1.807) is 4.90 Å². The minimum absolute atomic E-state index is 0.213. The Balaban J connectivity index is 1.83. The summed E-state index contributed by atoms with van der Waals surface area (Å²) in [5.41, 5.74) is 0.262. The fraction of sp³-hybridized carbons (Fsp3) is 0.500. The summed E-state index contributed by atoms with van der Waals surface area (Å²) < 4.78 is 17.7. The Morgan fingerprint density at radius 2 is 2.00 bits per heavy atom. The highest BCUT2D eigenvalue weighted by Gasteiger charge is 2.22. The lowest BCUT2D eigenvalue weighted by Gasteiger charge is -2.34. The van der Waals surface area contributed by atoms with Crippen molar-refractivity contribution in [2.45, 2.75) is 6.42 Å². The van der Waals surface area contributed by atoms with E-state index >= 15 is 0 Å². The van der Waals surface area contributed by atoms with Crippen LogP contribution in [0.3, 0.4) is 0 Å². The normalized spacial score (nSPS) is 15.8. The molecular formula is C14H18FN3O3. The summed E-state index contributed by atoms with van der Waals surface area (Å²) in [6, 6.07) is 1.19. The average molecular weight is 295 g/mol. The van der Waals surface area contributed by atoms with E-state index < -0.39 is 5.82 Å². The maximum atomic E-state index is 13.1. The molecule has 1 amide bonds. The van der Waals surface area contributed by atoms with Crippen molar-refractivity contribution in [1.29, 1.82) is 0 Å². The molecule has 1 aliphatic heterocycles. The van der Waals surface area contributed by atoms with Crippen molar-refractivity contribution in [2.75, 3.05) is 39.8 Å². The van der Waals surface area contributed by atoms with Gasteiger partial charge in [0.15, 0.2) is 0 Å². The van der Waals surface area contributed by atoms with Gasteiger partial charge in [0.05, 0.1) is 25.3 Å². The average Bonchev–Trinajstić information content (AvgIpc) is 2.52. The number of carbonyl (C=O) groups excluding carboxylic acids is 2. The van der Waals surface area contributed by atoms with Gasteiger partial charge in [-0.3, -0.25) is 19.5 Å². The Morgan fingerprint density at radius 3 is 2.62 bits per heavy atom. The Labute approximate surface area is 122 Å². The summed E-state index contributed by atoms with van der Waals surface area (Å²) in [6.45, 7) is 3.10. The van der Waals surface area contributed by atoms with Crippen LogP contribution in [0, 0.1) is 5.82 Å². The van der Waals surface area contributed by atoms with Gasteiger partial charge in [-0.05, 0) is 6.07 Å². The number of amides is 1. The van der Waals surface area contributed by atoms with Crippen LogP contribution < -0.4 is 0 Å². The molecule has 1 fully saturated rings. The maximum Gasteiger partial charge on any atom is 0.306 e. The summed E-state index contributed by atoms with van der Waals surface area (Å²) >= 11 is 0. The number of pyridine rings is 1. The number of carbonyl (C=O) groups is 2. The summed E-state index contributed by atoms with van der Waals surface area (Å²) in [5.74, 6) is -0.966. The maximum absolute atomic E-state index is 13.1. The first-order valence-corrected chi connectivity index (χ1v) is 6.79. The lowest BCUT2D eigenvalue weighted by atomic mass is 10.2. The molecule has 1 aliphatic rings. The van der Waals surface area contributed by atoms with E-state index in [-0.39, 0.29) is 17.4 Å². The third-order valence-electron chi connectivity index (χ3n) is 3.47. The van der Waals surface area contributed by atoms with Crippen LogP contribution in [0.4, 0.5) is 4.39 Å². The Morgan fingerprint density at radius 1 is 1.29 bits per heavy atom. The van der Waals surface area contributed by atoms with Crippen molar-refractivity contribution >= 4 is 11.9 Å². The standard InChI is InChI=1S/C14H18FN3O3/c1-21-13(19)2-3-17-4-6-18(7-5-17)14(20)11-8-12(15)10-16-9-11/h8-10H,2-7H2,1H3. The van der Waals surface area contributed by atoms with E-state index in [1.807, 2.05) is 0 Å². The topological polar surface area (TPSA) is 62.7 Å². The summed E-state index contributed by atoms with van der Waals surface area (Å²) in [4.78, 5) is 30.7. The van der Waals surface area contributed by atoms with Crippen molar-refractivity contribution in [2.24, 2.45) is 0 Å². The summed E-state index contributed by atoms with van der Waals surface area (Å²) in [6.07, 6.45) is 2.79. The number of methoxy groups -OCH3 is 1. The number of hydrogen-bond donors (Lipinski definition) is 0. The number of rotatable bonds is 4. The Bertz CT molecular complexity index is 516. The predicted molar refractivity (Wildman–Crippen MR) is 73.2 cm³/mol. The third-order valence-corrected chi connectivity index (χ3v) is 3.47. The molecule has 0 bridgehead atoms. The van der Waals surface area contributed by atoms with Crippen LogP contribution in [0.5, 0.6) is 0 Å². The van der Waals surface area contributed by atoms with E-state index in [2.05, 4.69) is 14.6 Å². The van der Waals surface area contributed by atoms with Gasteiger partial charge in [-0.25, -0.2) is 4.39 Å². The van der Waals surface area contributed by atoms with Crippen LogP contribution >= 0.6 is 0 Å². The first-order chi connectivity index (χ1) is 10.1. The van der Waals surface area contributed by atoms with Crippen LogP contribution in [0.1, 0.15) is 16.8 Å². The molecule has 6 nitrogen and oxygen atoms in total. The van der Waals surface area contributed by atoms with Gasteiger partial charge in [-0.1, -0.05) is 0 Å². The Kier molecular flexibility index (Phi) is 5.21. The minimum Gasteiger partial charge on any atom is -0.469 e. The van der Waals surface area contributed by atoms with Gasteiger partial charge in [0.2, 0.25) is 0 Å². The molecule has 0 aliphatic carbocycles. The minimum atomic E-state index is -0.516. The second kappa shape index (κ2) is 7.12. The monoisotopic (exact) mass is 295 g/mol. The van der Waals surface area contributed by atoms with Crippen molar-refractivity contribution in [1.82, 2.24) is 14.8 Å². The second-order valence-corrected chi connectivity index (χ2v) is 4.85. The van der Waals surface area contributed by atoms with Crippen LogP contribution in [-0.2, 0) is 9.53 Å². The smallest absolute Gasteiger partial charge is 0.306 e. The zero-order valence-electron chi connectivity index (χ0n) is 11.9. The molecule has 0 N–H and O–H groups in total. The molecule has 0 atom stereocenters. The number of halogens is 1. The largest absolute Gasteiger partial charge is 0.469 e. The molecule has 7 heteroatoms. The highest BCUT2D eigenvalue weighted by Crippen LogP contribution is 2.09. The first kappa shape index (κ1) is 15.4. The van der Waals surface area contributed by atoms with Gasteiger partial charge in [0.25, 0.3) is 5.91 Å². The van der Waals surface area contributed by atoms with E-state index in [9.17, 15) is 14.0 Å². The molecule has 1 aromatic heterocycles. The summed E-state index contributed by atoms with van der Waals surface area (Å²) in [7, 11) is 1.37. The number of piperazine rings is 1. The predicted octanol–water partition coefficient (Wildman–Crippen LogP) is 0.542. The van der Waals surface area contributed by atoms with Gasteiger partial charge in [0.1, 0.15) is 5.82 Å². The van der Waals surface area contributed by atoms with Gasteiger partial charge >= 0.3 is 5.97 Å². The molecule has 114 valence electrons. The summed E-state index contributed by atoms with van der Waals surface area (Å²) in [5, 5.41) is 0. The van der Waals surface area contributed by atoms with Crippen LogP contribution in [0.2, 0.25) is 0 Å². The van der Waals surface area contributed by atoms with Crippen LogP contribution in [-0.4, -0.2) is 66.5 Å². The Hall–Kier alpha value is -2.02.